The second kappa shape index (κ2) is 8.03. The van der Waals surface area contributed by atoms with Gasteiger partial charge >= 0.3 is 0 Å². The van der Waals surface area contributed by atoms with Gasteiger partial charge in [0.05, 0.1) is 6.61 Å². The van der Waals surface area contributed by atoms with Crippen molar-refractivity contribution in [3.63, 3.8) is 0 Å². The lowest BCUT2D eigenvalue weighted by molar-refractivity contribution is -0.111. The fraction of sp³-hybridized carbons (Fsp3) is 0.211. The molecule has 0 saturated heterocycles. The zero-order valence-electron chi connectivity index (χ0n) is 13.0. The first kappa shape index (κ1) is 15.8. The molecule has 2 aromatic rings. The summed E-state index contributed by atoms with van der Waals surface area (Å²) in [6.07, 6.45) is 3.31. The van der Waals surface area contributed by atoms with Crippen molar-refractivity contribution >= 4 is 17.7 Å². The Morgan fingerprint density at radius 3 is 2.41 bits per heavy atom. The van der Waals surface area contributed by atoms with Crippen LogP contribution in [-0.4, -0.2) is 12.5 Å². The van der Waals surface area contributed by atoms with Gasteiger partial charge in [0.1, 0.15) is 5.75 Å². The van der Waals surface area contributed by atoms with Crippen LogP contribution in [0, 0.1) is 5.92 Å². The first-order chi connectivity index (χ1) is 10.6. The largest absolute Gasteiger partial charge is 0.493 e. The highest BCUT2D eigenvalue weighted by Crippen LogP contribution is 2.16. The van der Waals surface area contributed by atoms with Gasteiger partial charge in [-0.15, -0.1) is 0 Å². The van der Waals surface area contributed by atoms with Crippen LogP contribution in [0.4, 0.5) is 5.69 Å². The molecule has 22 heavy (non-hydrogen) atoms. The summed E-state index contributed by atoms with van der Waals surface area (Å²) in [5.74, 6) is 1.15. The van der Waals surface area contributed by atoms with Crippen LogP contribution in [-0.2, 0) is 4.79 Å². The summed E-state index contributed by atoms with van der Waals surface area (Å²) in [7, 11) is 0. The van der Waals surface area contributed by atoms with Crippen LogP contribution in [0.3, 0.4) is 0 Å². The minimum absolute atomic E-state index is 0.153. The highest BCUT2D eigenvalue weighted by atomic mass is 16.5. The van der Waals surface area contributed by atoms with Gasteiger partial charge in [-0.3, -0.25) is 4.79 Å². The van der Waals surface area contributed by atoms with Crippen molar-refractivity contribution in [2.45, 2.75) is 13.8 Å². The molecule has 0 fully saturated rings. The van der Waals surface area contributed by atoms with Gasteiger partial charge in [0.15, 0.2) is 0 Å². The van der Waals surface area contributed by atoms with Crippen LogP contribution >= 0.6 is 0 Å². The van der Waals surface area contributed by atoms with E-state index in [1.807, 2.05) is 54.6 Å². The molecule has 0 aliphatic rings. The molecule has 0 aliphatic heterocycles. The van der Waals surface area contributed by atoms with E-state index in [1.165, 1.54) is 6.08 Å². The van der Waals surface area contributed by atoms with Crippen LogP contribution in [0.1, 0.15) is 19.4 Å². The van der Waals surface area contributed by atoms with Gasteiger partial charge in [0, 0.05) is 11.8 Å². The molecule has 0 atom stereocenters. The van der Waals surface area contributed by atoms with Crippen molar-refractivity contribution in [2.24, 2.45) is 5.92 Å². The number of benzene rings is 2. The summed E-state index contributed by atoms with van der Waals surface area (Å²) in [5.41, 5.74) is 1.75. The molecule has 0 saturated carbocycles. The lowest BCUT2D eigenvalue weighted by atomic mass is 10.2. The Morgan fingerprint density at radius 2 is 1.77 bits per heavy atom. The average molecular weight is 295 g/mol. The molecule has 0 spiro atoms. The van der Waals surface area contributed by atoms with Crippen LogP contribution < -0.4 is 10.1 Å². The lowest BCUT2D eigenvalue weighted by Crippen LogP contribution is -2.08. The van der Waals surface area contributed by atoms with Crippen LogP contribution in [0.25, 0.3) is 6.08 Å². The summed E-state index contributed by atoms with van der Waals surface area (Å²) in [6, 6.07) is 17.1. The molecule has 0 aromatic heterocycles. The Hall–Kier alpha value is -2.55. The Morgan fingerprint density at radius 1 is 1.09 bits per heavy atom. The number of carbonyl (C=O) groups is 1. The molecule has 2 aromatic carbocycles. The maximum Gasteiger partial charge on any atom is 0.248 e. The highest BCUT2D eigenvalue weighted by molar-refractivity contribution is 6.01. The fourth-order valence-electron chi connectivity index (χ4n) is 1.82. The van der Waals surface area contributed by atoms with E-state index in [1.54, 1.807) is 6.08 Å². The summed E-state index contributed by atoms with van der Waals surface area (Å²) < 4.78 is 5.61. The van der Waals surface area contributed by atoms with Crippen LogP contribution in [0.2, 0.25) is 0 Å². The molecule has 1 amide bonds. The van der Waals surface area contributed by atoms with Gasteiger partial charge in [-0.05, 0) is 41.8 Å². The third-order valence-electron chi connectivity index (χ3n) is 2.93. The normalized spacial score (nSPS) is 10.9. The van der Waals surface area contributed by atoms with Crippen molar-refractivity contribution in [1.82, 2.24) is 0 Å². The van der Waals surface area contributed by atoms with Crippen molar-refractivity contribution in [2.75, 3.05) is 11.9 Å². The number of hydrogen-bond donors (Lipinski definition) is 1. The highest BCUT2D eigenvalue weighted by Gasteiger charge is 2.00. The molecule has 3 heteroatoms. The second-order valence-electron chi connectivity index (χ2n) is 5.46. The number of rotatable bonds is 6. The van der Waals surface area contributed by atoms with E-state index in [9.17, 15) is 4.79 Å². The lowest BCUT2D eigenvalue weighted by Gasteiger charge is -2.09. The predicted molar refractivity (Wildman–Crippen MR) is 90.9 cm³/mol. The van der Waals surface area contributed by atoms with Gasteiger partial charge in [-0.25, -0.2) is 0 Å². The average Bonchev–Trinajstić information content (AvgIpc) is 2.53. The van der Waals surface area contributed by atoms with Crippen molar-refractivity contribution < 1.29 is 9.53 Å². The van der Waals surface area contributed by atoms with E-state index < -0.39 is 0 Å². The number of amides is 1. The Balaban J connectivity index is 1.87. The summed E-state index contributed by atoms with van der Waals surface area (Å²) in [5, 5.41) is 2.82. The summed E-state index contributed by atoms with van der Waals surface area (Å²) in [4.78, 5) is 11.9. The summed E-state index contributed by atoms with van der Waals surface area (Å²) >= 11 is 0. The number of nitrogens with one attached hydrogen (secondary N) is 1. The number of carbonyl (C=O) groups excluding carboxylic acids is 1. The molecular weight excluding hydrogens is 274 g/mol. The molecule has 0 heterocycles. The maximum atomic E-state index is 11.9. The Kier molecular flexibility index (Phi) is 5.78. The monoisotopic (exact) mass is 295 g/mol. The van der Waals surface area contributed by atoms with Gasteiger partial charge in [-0.2, -0.15) is 0 Å². The fourth-order valence-corrected chi connectivity index (χ4v) is 1.82. The Bertz CT molecular complexity index is 616. The number of anilines is 1. The van der Waals surface area contributed by atoms with Gasteiger partial charge in [0.2, 0.25) is 5.91 Å². The first-order valence-electron chi connectivity index (χ1n) is 7.40. The zero-order valence-corrected chi connectivity index (χ0v) is 13.0. The van der Waals surface area contributed by atoms with E-state index in [4.69, 9.17) is 4.74 Å². The second-order valence-corrected chi connectivity index (χ2v) is 5.46. The molecule has 0 aliphatic carbocycles. The molecule has 114 valence electrons. The van der Waals surface area contributed by atoms with Gasteiger partial charge in [-0.1, -0.05) is 44.2 Å². The predicted octanol–water partition coefficient (Wildman–Crippen LogP) is 4.37. The molecular formula is C19H21NO2. The smallest absolute Gasteiger partial charge is 0.248 e. The third-order valence-corrected chi connectivity index (χ3v) is 2.93. The van der Waals surface area contributed by atoms with Crippen LogP contribution in [0.15, 0.2) is 60.7 Å². The minimum Gasteiger partial charge on any atom is -0.493 e. The third kappa shape index (κ3) is 5.44. The standard InChI is InChI=1S/C19H21NO2/c1-15(2)14-22-18-11-9-17(10-12-18)20-19(21)13-8-16-6-4-3-5-7-16/h3-13,15H,14H2,1-2H3,(H,20,21)/b13-8+. The minimum atomic E-state index is -0.153. The van der Waals surface area contributed by atoms with Crippen molar-refractivity contribution in [1.29, 1.82) is 0 Å². The first-order valence-corrected chi connectivity index (χ1v) is 7.40. The molecule has 0 radical (unpaired) electrons. The summed E-state index contributed by atoms with van der Waals surface area (Å²) in [6.45, 7) is 4.90. The topological polar surface area (TPSA) is 38.3 Å². The maximum absolute atomic E-state index is 11.9. The van der Waals surface area contributed by atoms with Crippen molar-refractivity contribution in [3.05, 3.63) is 66.2 Å². The SMILES string of the molecule is CC(C)COc1ccc(NC(=O)/C=C/c2ccccc2)cc1. The molecule has 1 N–H and O–H groups in total. The Labute approximate surface area is 131 Å². The van der Waals surface area contributed by atoms with E-state index >= 15 is 0 Å². The molecule has 0 bridgehead atoms. The van der Waals surface area contributed by atoms with Crippen molar-refractivity contribution in [3.8, 4) is 5.75 Å². The van der Waals surface area contributed by atoms with Gasteiger partial charge < -0.3 is 10.1 Å². The zero-order chi connectivity index (χ0) is 15.8. The van der Waals surface area contributed by atoms with E-state index in [0.29, 0.717) is 12.5 Å². The number of ether oxygens (including phenoxy) is 1. The quantitative estimate of drug-likeness (QED) is 0.803. The van der Waals surface area contributed by atoms with E-state index in [2.05, 4.69) is 19.2 Å². The molecule has 3 nitrogen and oxygen atoms in total. The molecule has 2 rings (SSSR count). The number of hydrogen-bond acceptors (Lipinski definition) is 2. The molecule has 0 unspecified atom stereocenters. The van der Waals surface area contributed by atoms with E-state index in [-0.39, 0.29) is 5.91 Å². The van der Waals surface area contributed by atoms with Gasteiger partial charge in [0.25, 0.3) is 0 Å². The van der Waals surface area contributed by atoms with E-state index in [0.717, 1.165) is 17.0 Å². The van der Waals surface area contributed by atoms with Crippen LogP contribution in [0.5, 0.6) is 5.75 Å².